The number of aromatic nitrogens is 4. The van der Waals surface area contributed by atoms with Gasteiger partial charge in [0.2, 0.25) is 5.91 Å². The van der Waals surface area contributed by atoms with Crippen LogP contribution in [0.5, 0.6) is 0 Å². The van der Waals surface area contributed by atoms with Gasteiger partial charge in [-0.1, -0.05) is 23.9 Å². The van der Waals surface area contributed by atoms with Crippen molar-refractivity contribution in [2.45, 2.75) is 11.8 Å². The molecule has 10 heteroatoms. The molecule has 132 valence electrons. The van der Waals surface area contributed by atoms with E-state index in [0.717, 1.165) is 4.88 Å². The van der Waals surface area contributed by atoms with Gasteiger partial charge in [0.15, 0.2) is 0 Å². The quantitative estimate of drug-likeness (QED) is 0.472. The molecule has 0 radical (unpaired) electrons. The Labute approximate surface area is 161 Å². The number of carbonyl (C=O) groups excluding carboxylic acids is 1. The summed E-state index contributed by atoms with van der Waals surface area (Å²) in [4.78, 5) is 14.3. The van der Waals surface area contributed by atoms with Crippen LogP contribution in [0.1, 0.15) is 4.88 Å². The van der Waals surface area contributed by atoms with Crippen LogP contribution in [0.3, 0.4) is 0 Å². The summed E-state index contributed by atoms with van der Waals surface area (Å²) >= 11 is 4.38. The van der Waals surface area contributed by atoms with Crippen molar-refractivity contribution in [1.29, 1.82) is 0 Å². The third-order valence-electron chi connectivity index (χ3n) is 3.33. The normalized spacial score (nSPS) is 10.9. The first-order valence-corrected chi connectivity index (χ1v) is 10.4. The molecule has 0 aromatic carbocycles. The van der Waals surface area contributed by atoms with E-state index in [-0.39, 0.29) is 11.7 Å². The number of thiophene rings is 2. The largest absolute Gasteiger partial charge is 0.410 e. The molecule has 0 bridgehead atoms. The van der Waals surface area contributed by atoms with Crippen LogP contribution in [0.25, 0.3) is 10.8 Å². The lowest BCUT2D eigenvalue weighted by molar-refractivity contribution is -0.113. The Bertz CT molecular complexity index is 976. The van der Waals surface area contributed by atoms with Crippen molar-refractivity contribution in [2.75, 3.05) is 11.1 Å². The number of hydrogen-bond acceptors (Lipinski definition) is 8. The predicted molar refractivity (Wildman–Crippen MR) is 103 cm³/mol. The topological polar surface area (TPSA) is 85.8 Å². The van der Waals surface area contributed by atoms with Crippen LogP contribution < -0.4 is 5.32 Å². The SMILES string of the molecule is O=C(CSc1nnc(-c2cccs2)o1)Nc1ccnn1Cc1cccs1. The Morgan fingerprint density at radius 3 is 2.88 bits per heavy atom. The lowest BCUT2D eigenvalue weighted by Crippen LogP contribution is -2.17. The van der Waals surface area contributed by atoms with E-state index in [1.54, 1.807) is 28.3 Å². The summed E-state index contributed by atoms with van der Waals surface area (Å²) in [7, 11) is 0. The molecular weight excluding hydrogens is 390 g/mol. The zero-order chi connectivity index (χ0) is 17.8. The second-order valence-corrected chi connectivity index (χ2v) is 8.05. The predicted octanol–water partition coefficient (Wildman–Crippen LogP) is 3.84. The molecule has 1 amide bonds. The van der Waals surface area contributed by atoms with Gasteiger partial charge >= 0.3 is 0 Å². The molecule has 0 fully saturated rings. The highest BCUT2D eigenvalue weighted by atomic mass is 32.2. The third-order valence-corrected chi connectivity index (χ3v) is 5.87. The summed E-state index contributed by atoms with van der Waals surface area (Å²) in [6, 6.07) is 9.64. The van der Waals surface area contributed by atoms with Crippen molar-refractivity contribution in [3.05, 3.63) is 52.2 Å². The number of nitrogens with one attached hydrogen (secondary N) is 1. The second kappa shape index (κ2) is 7.85. The highest BCUT2D eigenvalue weighted by Gasteiger charge is 2.13. The Hall–Kier alpha value is -2.43. The monoisotopic (exact) mass is 403 g/mol. The molecular formula is C16H13N5O2S3. The Kier molecular flexibility index (Phi) is 5.14. The van der Waals surface area contributed by atoms with Gasteiger partial charge in [-0.25, -0.2) is 4.68 Å². The fourth-order valence-corrected chi connectivity index (χ4v) is 4.08. The van der Waals surface area contributed by atoms with Crippen molar-refractivity contribution in [1.82, 2.24) is 20.0 Å². The minimum Gasteiger partial charge on any atom is -0.410 e. The first-order chi connectivity index (χ1) is 12.8. The number of carbonyl (C=O) groups is 1. The van der Waals surface area contributed by atoms with Crippen molar-refractivity contribution in [3.8, 4) is 10.8 Å². The lowest BCUT2D eigenvalue weighted by atomic mass is 10.4. The van der Waals surface area contributed by atoms with Gasteiger partial charge in [-0.15, -0.1) is 32.9 Å². The number of amides is 1. The summed E-state index contributed by atoms with van der Waals surface area (Å²) in [5.41, 5.74) is 0. The standard InChI is InChI=1S/C16H13N5O2S3/c22-14(10-26-16-20-19-15(23-16)12-4-2-8-25-12)18-13-5-6-17-21(13)9-11-3-1-7-24-11/h1-8H,9-10H2,(H,18,22). The van der Waals surface area contributed by atoms with Crippen LogP contribution in [-0.4, -0.2) is 31.6 Å². The zero-order valence-electron chi connectivity index (χ0n) is 13.4. The smallest absolute Gasteiger partial charge is 0.277 e. The van der Waals surface area contributed by atoms with E-state index in [2.05, 4.69) is 20.6 Å². The highest BCUT2D eigenvalue weighted by Crippen LogP contribution is 2.26. The van der Waals surface area contributed by atoms with Gasteiger partial charge in [0.25, 0.3) is 11.1 Å². The molecule has 0 spiro atoms. The van der Waals surface area contributed by atoms with Crippen LogP contribution in [-0.2, 0) is 11.3 Å². The van der Waals surface area contributed by atoms with E-state index in [4.69, 9.17) is 4.42 Å². The minimum absolute atomic E-state index is 0.154. The van der Waals surface area contributed by atoms with Gasteiger partial charge in [-0.3, -0.25) is 4.79 Å². The van der Waals surface area contributed by atoms with Crippen molar-refractivity contribution in [2.24, 2.45) is 0 Å². The van der Waals surface area contributed by atoms with Gasteiger partial charge in [-0.05, 0) is 22.9 Å². The lowest BCUT2D eigenvalue weighted by Gasteiger charge is -2.07. The van der Waals surface area contributed by atoms with Crippen LogP contribution in [0.2, 0.25) is 0 Å². The van der Waals surface area contributed by atoms with Crippen molar-refractivity contribution < 1.29 is 9.21 Å². The molecule has 26 heavy (non-hydrogen) atoms. The van der Waals surface area contributed by atoms with E-state index in [9.17, 15) is 4.79 Å². The molecule has 0 aliphatic rings. The molecule has 0 atom stereocenters. The molecule has 4 heterocycles. The third kappa shape index (κ3) is 4.03. The Balaban J connectivity index is 1.33. The molecule has 0 saturated heterocycles. The number of thioether (sulfide) groups is 1. The Morgan fingerprint density at radius 1 is 1.19 bits per heavy atom. The molecule has 4 rings (SSSR count). The first kappa shape index (κ1) is 17.0. The first-order valence-electron chi connectivity index (χ1n) is 7.62. The second-order valence-electron chi connectivity index (χ2n) is 5.14. The van der Waals surface area contributed by atoms with E-state index < -0.39 is 0 Å². The summed E-state index contributed by atoms with van der Waals surface area (Å²) in [5, 5.41) is 19.4. The number of rotatable bonds is 7. The Morgan fingerprint density at radius 2 is 2.08 bits per heavy atom. The molecule has 7 nitrogen and oxygen atoms in total. The number of hydrogen-bond donors (Lipinski definition) is 1. The maximum absolute atomic E-state index is 12.2. The number of anilines is 1. The van der Waals surface area contributed by atoms with Gasteiger partial charge in [0.05, 0.1) is 23.4 Å². The van der Waals surface area contributed by atoms with Crippen molar-refractivity contribution >= 4 is 46.2 Å². The van der Waals surface area contributed by atoms with Gasteiger partial charge in [-0.2, -0.15) is 5.10 Å². The maximum Gasteiger partial charge on any atom is 0.277 e. The fourth-order valence-electron chi connectivity index (χ4n) is 2.19. The molecule has 4 aromatic rings. The highest BCUT2D eigenvalue weighted by molar-refractivity contribution is 7.99. The van der Waals surface area contributed by atoms with Gasteiger partial charge in [0, 0.05) is 10.9 Å². The number of nitrogens with zero attached hydrogens (tertiary/aromatic N) is 4. The average molecular weight is 404 g/mol. The van der Waals surface area contributed by atoms with E-state index in [0.29, 0.717) is 23.5 Å². The summed E-state index contributed by atoms with van der Waals surface area (Å²) < 4.78 is 7.32. The minimum atomic E-state index is -0.154. The zero-order valence-corrected chi connectivity index (χ0v) is 15.8. The van der Waals surface area contributed by atoms with Crippen LogP contribution >= 0.6 is 34.4 Å². The van der Waals surface area contributed by atoms with Crippen LogP contribution in [0, 0.1) is 0 Å². The summed E-state index contributed by atoms with van der Waals surface area (Å²) in [5.74, 6) is 1.15. The van der Waals surface area contributed by atoms with E-state index in [1.807, 2.05) is 35.0 Å². The molecule has 0 unspecified atom stereocenters. The van der Waals surface area contributed by atoms with E-state index in [1.165, 1.54) is 28.0 Å². The van der Waals surface area contributed by atoms with Gasteiger partial charge in [0.1, 0.15) is 5.82 Å². The molecule has 1 N–H and O–H groups in total. The van der Waals surface area contributed by atoms with Gasteiger partial charge < -0.3 is 9.73 Å². The van der Waals surface area contributed by atoms with Crippen LogP contribution in [0.4, 0.5) is 5.82 Å². The summed E-state index contributed by atoms with van der Waals surface area (Å²) in [6.07, 6.45) is 1.67. The van der Waals surface area contributed by atoms with Crippen LogP contribution in [0.15, 0.2) is 56.9 Å². The summed E-state index contributed by atoms with van der Waals surface area (Å²) in [6.45, 7) is 0.626. The molecule has 0 aliphatic carbocycles. The maximum atomic E-state index is 12.2. The van der Waals surface area contributed by atoms with E-state index >= 15 is 0 Å². The molecule has 0 aliphatic heterocycles. The molecule has 4 aromatic heterocycles. The molecule has 0 saturated carbocycles. The average Bonchev–Trinajstić information content (AvgIpc) is 3.42. The fraction of sp³-hybridized carbons (Fsp3) is 0.125. The van der Waals surface area contributed by atoms with Crippen molar-refractivity contribution in [3.63, 3.8) is 0 Å².